The Morgan fingerprint density at radius 1 is 1.00 bits per heavy atom. The molecule has 1 N–H and O–H groups in total. The van der Waals surface area contributed by atoms with Gasteiger partial charge in [-0.25, -0.2) is 0 Å². The molecule has 2 saturated carbocycles. The van der Waals surface area contributed by atoms with Crippen molar-refractivity contribution in [1.29, 1.82) is 0 Å². The normalized spacial score (nSPS) is 37.1. The first-order valence-corrected chi connectivity index (χ1v) is 10.7. The second-order valence-corrected chi connectivity index (χ2v) is 9.01. The minimum absolute atomic E-state index is 0.157. The zero-order chi connectivity index (χ0) is 18.4. The topological polar surface area (TPSA) is 20.2 Å². The molecule has 0 aliphatic heterocycles. The lowest BCUT2D eigenvalue weighted by Gasteiger charge is -2.55. The molecule has 5 rings (SSSR count). The molecule has 0 saturated heterocycles. The first-order chi connectivity index (χ1) is 13.3. The van der Waals surface area contributed by atoms with Crippen molar-refractivity contribution in [1.82, 2.24) is 0 Å². The molecule has 3 aliphatic carbocycles. The van der Waals surface area contributed by atoms with E-state index in [4.69, 9.17) is 0 Å². The van der Waals surface area contributed by atoms with Crippen molar-refractivity contribution in [3.63, 3.8) is 0 Å². The summed E-state index contributed by atoms with van der Waals surface area (Å²) in [5, 5.41) is 10.5. The molecule has 2 fully saturated rings. The van der Waals surface area contributed by atoms with Crippen LogP contribution in [0.1, 0.15) is 48.3 Å². The lowest BCUT2D eigenvalue weighted by atomic mass is 9.48. The summed E-state index contributed by atoms with van der Waals surface area (Å²) in [5.74, 6) is 2.76. The average Bonchev–Trinajstić information content (AvgIpc) is 3.13. The highest BCUT2D eigenvalue weighted by Crippen LogP contribution is 2.65. The molecule has 0 amide bonds. The number of hydrogen-bond acceptors (Lipinski definition) is 1. The number of aryl methyl sites for hydroxylation is 1. The van der Waals surface area contributed by atoms with Crippen molar-refractivity contribution in [3.05, 3.63) is 83.9 Å². The van der Waals surface area contributed by atoms with Gasteiger partial charge in [-0.3, -0.25) is 0 Å². The van der Waals surface area contributed by atoms with Gasteiger partial charge in [0.15, 0.2) is 0 Å². The number of allylic oxidation sites excluding steroid dienone is 1. The van der Waals surface area contributed by atoms with Crippen LogP contribution in [0.25, 0.3) is 0 Å². The van der Waals surface area contributed by atoms with Gasteiger partial charge < -0.3 is 5.11 Å². The van der Waals surface area contributed by atoms with E-state index in [2.05, 4.69) is 67.3 Å². The summed E-state index contributed by atoms with van der Waals surface area (Å²) in [5.41, 5.74) is 4.68. The van der Waals surface area contributed by atoms with Crippen LogP contribution in [0.3, 0.4) is 0 Å². The van der Waals surface area contributed by atoms with Crippen LogP contribution in [0.2, 0.25) is 0 Å². The fourth-order valence-corrected chi connectivity index (χ4v) is 7.28. The van der Waals surface area contributed by atoms with Crippen LogP contribution in [0.15, 0.2) is 67.3 Å². The molecule has 2 aromatic carbocycles. The molecular formula is C26H30O. The molecule has 0 unspecified atom stereocenters. The molecular weight excluding hydrogens is 328 g/mol. The molecule has 6 atom stereocenters. The Kier molecular flexibility index (Phi) is 4.24. The number of aliphatic hydroxyl groups excluding tert-OH is 1. The standard InChI is InChI=1S/C26H30O/c1-2-20-13-15-24-23-14-12-18-8-6-7-11-22(18)25(23)19(17-27)16-26(20,24)21-9-4-3-5-10-21/h2-11,19-20,23-25,27H,1,12-17H2/t19-,20+,23-,24-,25+,26+/m0/s1. The highest BCUT2D eigenvalue weighted by molar-refractivity contribution is 5.40. The average molecular weight is 359 g/mol. The zero-order valence-electron chi connectivity index (χ0n) is 16.1. The van der Waals surface area contributed by atoms with Crippen LogP contribution >= 0.6 is 0 Å². The molecule has 3 aliphatic rings. The summed E-state index contributed by atoms with van der Waals surface area (Å²) in [6, 6.07) is 20.2. The predicted octanol–water partition coefficient (Wildman–Crippen LogP) is 5.50. The maximum atomic E-state index is 10.5. The van der Waals surface area contributed by atoms with Crippen LogP contribution < -0.4 is 0 Å². The number of rotatable bonds is 3. The lowest BCUT2D eigenvalue weighted by molar-refractivity contribution is 0.0189. The lowest BCUT2D eigenvalue weighted by Crippen LogP contribution is -2.51. The fraction of sp³-hybridized carbons (Fsp3) is 0.462. The van der Waals surface area contributed by atoms with Gasteiger partial charge in [-0.05, 0) is 78.4 Å². The van der Waals surface area contributed by atoms with Gasteiger partial charge in [0.25, 0.3) is 0 Å². The summed E-state index contributed by atoms with van der Waals surface area (Å²) < 4.78 is 0. The van der Waals surface area contributed by atoms with Crippen LogP contribution in [0.4, 0.5) is 0 Å². The maximum absolute atomic E-state index is 10.5. The van der Waals surface area contributed by atoms with E-state index < -0.39 is 0 Å². The second-order valence-electron chi connectivity index (χ2n) is 9.01. The molecule has 0 radical (unpaired) electrons. The number of hydrogen-bond donors (Lipinski definition) is 1. The van der Waals surface area contributed by atoms with E-state index in [1.807, 2.05) is 0 Å². The fourth-order valence-electron chi connectivity index (χ4n) is 7.28. The molecule has 0 heterocycles. The minimum atomic E-state index is 0.157. The second kappa shape index (κ2) is 6.63. The van der Waals surface area contributed by atoms with Crippen LogP contribution in [-0.4, -0.2) is 11.7 Å². The monoisotopic (exact) mass is 358 g/mol. The third kappa shape index (κ3) is 2.41. The summed E-state index contributed by atoms with van der Waals surface area (Å²) >= 11 is 0. The van der Waals surface area contributed by atoms with Crippen LogP contribution in [0, 0.1) is 23.7 Å². The van der Waals surface area contributed by atoms with Crippen LogP contribution in [-0.2, 0) is 11.8 Å². The summed E-state index contributed by atoms with van der Waals surface area (Å²) in [7, 11) is 0. The van der Waals surface area contributed by atoms with E-state index in [-0.39, 0.29) is 5.41 Å². The van der Waals surface area contributed by atoms with Crippen molar-refractivity contribution in [2.75, 3.05) is 6.61 Å². The van der Waals surface area contributed by atoms with Crippen molar-refractivity contribution < 1.29 is 5.11 Å². The highest BCUT2D eigenvalue weighted by Gasteiger charge is 2.59. The maximum Gasteiger partial charge on any atom is 0.0465 e. The van der Waals surface area contributed by atoms with E-state index in [0.29, 0.717) is 36.2 Å². The molecule has 27 heavy (non-hydrogen) atoms. The number of aliphatic hydroxyl groups is 1. The van der Waals surface area contributed by atoms with Crippen molar-refractivity contribution in [3.8, 4) is 0 Å². The summed E-state index contributed by atoms with van der Waals surface area (Å²) in [6.45, 7) is 4.52. The Morgan fingerprint density at radius 3 is 2.56 bits per heavy atom. The third-order valence-electron chi connectivity index (χ3n) is 8.19. The van der Waals surface area contributed by atoms with Gasteiger partial charge in [0.2, 0.25) is 0 Å². The summed E-state index contributed by atoms with van der Waals surface area (Å²) in [4.78, 5) is 0. The Morgan fingerprint density at radius 2 is 1.78 bits per heavy atom. The smallest absolute Gasteiger partial charge is 0.0465 e. The Labute approximate surface area is 163 Å². The van der Waals surface area contributed by atoms with E-state index in [9.17, 15) is 5.11 Å². The Balaban J connectivity index is 1.66. The zero-order valence-corrected chi connectivity index (χ0v) is 16.1. The van der Waals surface area contributed by atoms with Gasteiger partial charge in [0.1, 0.15) is 0 Å². The van der Waals surface area contributed by atoms with Crippen LogP contribution in [0.5, 0.6) is 0 Å². The van der Waals surface area contributed by atoms with E-state index in [0.717, 1.165) is 6.42 Å². The first kappa shape index (κ1) is 17.3. The summed E-state index contributed by atoms with van der Waals surface area (Å²) in [6.07, 6.45) is 8.30. The molecule has 2 aromatic rings. The Bertz CT molecular complexity index is 825. The van der Waals surface area contributed by atoms with Crippen molar-refractivity contribution in [2.24, 2.45) is 23.7 Å². The molecule has 0 bridgehead atoms. The minimum Gasteiger partial charge on any atom is -0.396 e. The molecule has 140 valence electrons. The first-order valence-electron chi connectivity index (χ1n) is 10.7. The molecule has 0 spiro atoms. The van der Waals surface area contributed by atoms with E-state index >= 15 is 0 Å². The van der Waals surface area contributed by atoms with Gasteiger partial charge in [0.05, 0.1) is 0 Å². The SMILES string of the molecule is C=C[C@@H]1CC[C@H]2[C@@H]3CCc4ccccc4[C@H]3[C@H](CO)C[C@]12c1ccccc1. The van der Waals surface area contributed by atoms with Crippen molar-refractivity contribution >= 4 is 0 Å². The molecule has 1 nitrogen and oxygen atoms in total. The number of fused-ring (bicyclic) bond motifs is 5. The van der Waals surface area contributed by atoms with Gasteiger partial charge in [0, 0.05) is 12.0 Å². The van der Waals surface area contributed by atoms with Gasteiger partial charge >= 0.3 is 0 Å². The van der Waals surface area contributed by atoms with Crippen molar-refractivity contribution in [2.45, 2.75) is 43.4 Å². The van der Waals surface area contributed by atoms with Gasteiger partial charge in [-0.2, -0.15) is 0 Å². The quantitative estimate of drug-likeness (QED) is 0.719. The largest absolute Gasteiger partial charge is 0.396 e. The van der Waals surface area contributed by atoms with Gasteiger partial charge in [-0.15, -0.1) is 6.58 Å². The van der Waals surface area contributed by atoms with Gasteiger partial charge in [-0.1, -0.05) is 60.7 Å². The highest BCUT2D eigenvalue weighted by atomic mass is 16.3. The molecule has 1 heteroatoms. The van der Waals surface area contributed by atoms with E-state index in [1.165, 1.54) is 42.4 Å². The van der Waals surface area contributed by atoms with E-state index in [1.54, 1.807) is 0 Å². The predicted molar refractivity (Wildman–Crippen MR) is 111 cm³/mol. The molecule has 0 aromatic heterocycles. The number of benzene rings is 2. The third-order valence-corrected chi connectivity index (χ3v) is 8.19. The Hall–Kier alpha value is -1.86.